The van der Waals surface area contributed by atoms with Gasteiger partial charge in [-0.2, -0.15) is 0 Å². The molecule has 4 rings (SSSR count). The summed E-state index contributed by atoms with van der Waals surface area (Å²) in [5, 5.41) is 0. The monoisotopic (exact) mass is 514 g/mol. The van der Waals surface area contributed by atoms with Gasteiger partial charge in [0.1, 0.15) is 26.4 Å². The van der Waals surface area contributed by atoms with E-state index in [0.29, 0.717) is 75.9 Å². The first-order valence-corrected chi connectivity index (χ1v) is 11.7. The maximum atomic E-state index is 8.54. The minimum atomic E-state index is 0. The van der Waals surface area contributed by atoms with E-state index >= 15 is 0 Å². The van der Waals surface area contributed by atoms with Gasteiger partial charge in [-0.15, -0.1) is 5.66 Å². The standard InChI is InChI=1S/C20H24O6.C4H8O.COP.Na/c1-2-6-18-17(5-1)23-13-9-21-11-15-25-19-7-3-4-8-20(19)26-16-12-22-10-14-24-18;1-2-4-5-3-1;2-1-3;/h1-8H,9-16H2;1-4H2;;/q;;-1;+1. The quantitative estimate of drug-likeness (QED) is 0.384. The fourth-order valence-corrected chi connectivity index (χ4v) is 2.93. The average molecular weight is 514 g/mol. The van der Waals surface area contributed by atoms with Crippen LogP contribution in [-0.2, 0) is 19.0 Å². The van der Waals surface area contributed by atoms with Crippen molar-refractivity contribution in [1.29, 1.82) is 0 Å². The number of hydrogen-bond donors (Lipinski definition) is 0. The third kappa shape index (κ3) is 14.5. The van der Waals surface area contributed by atoms with Gasteiger partial charge in [-0.3, -0.25) is 4.79 Å². The molecule has 8 nitrogen and oxygen atoms in total. The summed E-state index contributed by atoms with van der Waals surface area (Å²) in [6.07, 6.45) is 2.56. The van der Waals surface area contributed by atoms with Crippen molar-refractivity contribution in [2.75, 3.05) is 66.1 Å². The van der Waals surface area contributed by atoms with Gasteiger partial charge in [0.15, 0.2) is 23.0 Å². The van der Waals surface area contributed by atoms with Crippen molar-refractivity contribution in [3.8, 4) is 23.0 Å². The Morgan fingerprint density at radius 1 is 0.514 bits per heavy atom. The molecule has 10 heteroatoms. The fourth-order valence-electron chi connectivity index (χ4n) is 2.93. The molecule has 2 heterocycles. The Morgan fingerprint density at radius 3 is 1.00 bits per heavy atom. The van der Waals surface area contributed by atoms with E-state index in [0.717, 1.165) is 13.2 Å². The summed E-state index contributed by atoms with van der Waals surface area (Å²) in [6.45, 7) is 5.65. The number of rotatable bonds is 0. The van der Waals surface area contributed by atoms with E-state index in [4.69, 9.17) is 38.0 Å². The molecule has 186 valence electrons. The Morgan fingerprint density at radius 2 is 0.771 bits per heavy atom. The van der Waals surface area contributed by atoms with Gasteiger partial charge in [-0.25, -0.2) is 0 Å². The second-order valence-electron chi connectivity index (χ2n) is 6.92. The molecular formula is C25H32NaO8P. The summed E-state index contributed by atoms with van der Waals surface area (Å²) in [4.78, 5) is 8.54. The molecule has 0 amide bonds. The van der Waals surface area contributed by atoms with Gasteiger partial charge in [0.2, 0.25) is 0 Å². The van der Waals surface area contributed by atoms with E-state index in [1.165, 1.54) is 18.5 Å². The second kappa shape index (κ2) is 21.7. The minimum absolute atomic E-state index is 0. The zero-order valence-corrected chi connectivity index (χ0v) is 23.2. The molecule has 0 radical (unpaired) electrons. The SMILES string of the molecule is C1CCOC1.O=C=[P-].[Na+].c1ccc2c(c1)OCCOCCOc1ccccc1OCCOCCO2. The van der Waals surface area contributed by atoms with Crippen LogP contribution in [0.1, 0.15) is 12.8 Å². The molecule has 0 spiro atoms. The van der Waals surface area contributed by atoms with Gasteiger partial charge >= 0.3 is 29.6 Å². The van der Waals surface area contributed by atoms with Gasteiger partial charge < -0.3 is 42.0 Å². The van der Waals surface area contributed by atoms with Crippen LogP contribution >= 0.6 is 8.86 Å². The summed E-state index contributed by atoms with van der Waals surface area (Å²) in [7, 11) is 2.98. The Bertz CT molecular complexity index is 710. The van der Waals surface area contributed by atoms with Crippen molar-refractivity contribution < 1.29 is 67.5 Å². The van der Waals surface area contributed by atoms with Crippen molar-refractivity contribution in [3.63, 3.8) is 0 Å². The molecule has 0 saturated carbocycles. The van der Waals surface area contributed by atoms with E-state index in [1.807, 2.05) is 48.5 Å². The van der Waals surface area contributed by atoms with Crippen molar-refractivity contribution in [1.82, 2.24) is 0 Å². The number of para-hydroxylation sites is 4. The second-order valence-corrected chi connectivity index (χ2v) is 7.11. The smallest absolute Gasteiger partial charge is 0.623 e. The molecule has 0 atom stereocenters. The predicted molar refractivity (Wildman–Crippen MR) is 129 cm³/mol. The normalized spacial score (nSPS) is 16.2. The summed E-state index contributed by atoms with van der Waals surface area (Å²) in [5.74, 6) is 2.80. The fraction of sp³-hybridized carbons (Fsp3) is 0.480. The number of benzene rings is 2. The molecule has 0 aromatic heterocycles. The number of carbonyl (C=O) groups excluding carboxylic acids is 1. The molecular weight excluding hydrogens is 482 g/mol. The first-order chi connectivity index (χ1) is 16.8. The van der Waals surface area contributed by atoms with Crippen LogP contribution in [0.3, 0.4) is 0 Å². The molecule has 0 bridgehead atoms. The molecule has 1 saturated heterocycles. The van der Waals surface area contributed by atoms with Crippen LogP contribution in [0.25, 0.3) is 0 Å². The molecule has 35 heavy (non-hydrogen) atoms. The Labute approximate surface area is 231 Å². The molecule has 2 aromatic rings. The number of fused-ring (bicyclic) bond motifs is 2. The van der Waals surface area contributed by atoms with Crippen molar-refractivity contribution in [3.05, 3.63) is 48.5 Å². The van der Waals surface area contributed by atoms with Crippen molar-refractivity contribution >= 4 is 14.5 Å². The van der Waals surface area contributed by atoms with Crippen molar-refractivity contribution in [2.24, 2.45) is 0 Å². The summed E-state index contributed by atoms with van der Waals surface area (Å²) in [6, 6.07) is 15.2. The Balaban J connectivity index is 0.000000585. The van der Waals surface area contributed by atoms with Gasteiger partial charge in [-0.05, 0) is 37.1 Å². The van der Waals surface area contributed by atoms with Crippen LogP contribution in [0.5, 0.6) is 23.0 Å². The minimum Gasteiger partial charge on any atom is -0.623 e. The molecule has 1 fully saturated rings. The third-order valence-corrected chi connectivity index (χ3v) is 4.47. The number of ether oxygens (including phenoxy) is 7. The largest absolute Gasteiger partial charge is 1.00 e. The van der Waals surface area contributed by atoms with Crippen LogP contribution in [0.2, 0.25) is 0 Å². The maximum absolute atomic E-state index is 8.54. The van der Waals surface area contributed by atoms with E-state index in [2.05, 4.69) is 8.86 Å². The Hall–Kier alpha value is -1.60. The number of hydrogen-bond acceptors (Lipinski definition) is 8. The van der Waals surface area contributed by atoms with Crippen LogP contribution in [0.15, 0.2) is 48.5 Å². The molecule has 2 aliphatic rings. The van der Waals surface area contributed by atoms with Crippen LogP contribution in [0, 0.1) is 0 Å². The van der Waals surface area contributed by atoms with Gasteiger partial charge in [-0.1, -0.05) is 24.3 Å². The molecule has 0 aliphatic carbocycles. The van der Waals surface area contributed by atoms with Crippen LogP contribution < -0.4 is 48.5 Å². The zero-order chi connectivity index (χ0) is 24.1. The summed E-state index contributed by atoms with van der Waals surface area (Å²) in [5.41, 5.74) is 1.19. The summed E-state index contributed by atoms with van der Waals surface area (Å²) >= 11 is 0. The van der Waals surface area contributed by atoms with Gasteiger partial charge in [0.05, 0.1) is 26.4 Å². The van der Waals surface area contributed by atoms with E-state index in [1.54, 1.807) is 0 Å². The van der Waals surface area contributed by atoms with E-state index in [-0.39, 0.29) is 29.6 Å². The van der Waals surface area contributed by atoms with Crippen LogP contribution in [-0.4, -0.2) is 71.7 Å². The third-order valence-electron chi connectivity index (χ3n) is 4.47. The topological polar surface area (TPSA) is 81.7 Å². The first-order valence-electron chi connectivity index (χ1n) is 11.3. The van der Waals surface area contributed by atoms with Gasteiger partial charge in [0.25, 0.3) is 0 Å². The summed E-state index contributed by atoms with van der Waals surface area (Å²) < 4.78 is 39.0. The first kappa shape index (κ1) is 31.4. The van der Waals surface area contributed by atoms with E-state index < -0.39 is 0 Å². The van der Waals surface area contributed by atoms with Crippen molar-refractivity contribution in [2.45, 2.75) is 12.8 Å². The molecule has 0 N–H and O–H groups in total. The average Bonchev–Trinajstić information content (AvgIpc) is 3.45. The molecule has 2 aliphatic heterocycles. The van der Waals surface area contributed by atoms with Gasteiger partial charge in [0, 0.05) is 13.2 Å². The van der Waals surface area contributed by atoms with Crippen LogP contribution in [0.4, 0.5) is 0 Å². The zero-order valence-electron chi connectivity index (χ0n) is 20.3. The predicted octanol–water partition coefficient (Wildman–Crippen LogP) is 1.21. The maximum Gasteiger partial charge on any atom is 1.00 e. The van der Waals surface area contributed by atoms with E-state index in [9.17, 15) is 0 Å². The molecule has 0 unspecified atom stereocenters. The Kier molecular flexibility index (Phi) is 19.5. The molecule has 2 aromatic carbocycles.